The van der Waals surface area contributed by atoms with E-state index >= 15 is 0 Å². The first kappa shape index (κ1) is 9.97. The third kappa shape index (κ3) is 1.92. The van der Waals surface area contributed by atoms with E-state index in [0.29, 0.717) is 0 Å². The van der Waals surface area contributed by atoms with Crippen molar-refractivity contribution >= 4 is 5.91 Å². The van der Waals surface area contributed by atoms with Crippen molar-refractivity contribution in [3.05, 3.63) is 0 Å². The lowest BCUT2D eigenvalue weighted by atomic mass is 10.0. The normalized spacial score (nSPS) is 36.3. The molecule has 0 heterocycles. The number of aliphatic hydroxyl groups excluding tert-OH is 1. The maximum absolute atomic E-state index is 11.7. The zero-order chi connectivity index (χ0) is 10.1. The Hall–Kier alpha value is -0.570. The predicted molar refractivity (Wildman–Crippen MR) is 53.6 cm³/mol. The summed E-state index contributed by atoms with van der Waals surface area (Å²) in [6.45, 7) is 2.04. The number of amides is 1. The molecular weight excluding hydrogens is 178 g/mol. The Labute approximate surface area is 84.9 Å². The van der Waals surface area contributed by atoms with Gasteiger partial charge in [-0.15, -0.1) is 0 Å². The van der Waals surface area contributed by atoms with Gasteiger partial charge in [-0.2, -0.15) is 0 Å². The molecule has 0 aromatic heterocycles. The molecule has 3 unspecified atom stereocenters. The molecule has 3 atom stereocenters. The summed E-state index contributed by atoms with van der Waals surface area (Å²) in [6, 6.07) is -0.0422. The second-order valence-corrected chi connectivity index (χ2v) is 4.72. The van der Waals surface area contributed by atoms with Gasteiger partial charge >= 0.3 is 0 Å². The minimum Gasteiger partial charge on any atom is -0.394 e. The molecule has 80 valence electrons. The van der Waals surface area contributed by atoms with E-state index in [1.165, 1.54) is 6.42 Å². The summed E-state index contributed by atoms with van der Waals surface area (Å²) in [6.07, 6.45) is 4.32. The van der Waals surface area contributed by atoms with E-state index < -0.39 is 0 Å². The van der Waals surface area contributed by atoms with E-state index in [2.05, 4.69) is 5.32 Å². The van der Waals surface area contributed by atoms with Crippen LogP contribution in [0, 0.1) is 17.8 Å². The van der Waals surface area contributed by atoms with Crippen LogP contribution in [0.3, 0.4) is 0 Å². The maximum Gasteiger partial charge on any atom is 0.223 e. The smallest absolute Gasteiger partial charge is 0.223 e. The van der Waals surface area contributed by atoms with Gasteiger partial charge in [0.05, 0.1) is 12.6 Å². The fraction of sp³-hybridized carbons (Fsp3) is 0.909. The van der Waals surface area contributed by atoms with E-state index in [1.54, 1.807) is 0 Å². The van der Waals surface area contributed by atoms with E-state index in [1.807, 2.05) is 6.92 Å². The lowest BCUT2D eigenvalue weighted by molar-refractivity contribution is -0.126. The molecule has 2 aliphatic rings. The van der Waals surface area contributed by atoms with Gasteiger partial charge in [0.25, 0.3) is 0 Å². The zero-order valence-corrected chi connectivity index (χ0v) is 8.70. The molecule has 3 nitrogen and oxygen atoms in total. The minimum atomic E-state index is -0.0422. The molecule has 1 amide bonds. The van der Waals surface area contributed by atoms with Crippen LogP contribution < -0.4 is 5.32 Å². The fourth-order valence-corrected chi connectivity index (χ4v) is 2.52. The van der Waals surface area contributed by atoms with Gasteiger partial charge in [0.15, 0.2) is 0 Å². The van der Waals surface area contributed by atoms with Crippen LogP contribution in [0.15, 0.2) is 0 Å². The van der Waals surface area contributed by atoms with Crippen LogP contribution in [0.2, 0.25) is 0 Å². The Morgan fingerprint density at radius 3 is 2.57 bits per heavy atom. The SMILES string of the molecule is CCC(CO)NC(=O)C1CC2CC2C1. The van der Waals surface area contributed by atoms with Crippen molar-refractivity contribution < 1.29 is 9.90 Å². The Morgan fingerprint density at radius 2 is 2.07 bits per heavy atom. The van der Waals surface area contributed by atoms with E-state index in [-0.39, 0.29) is 24.5 Å². The maximum atomic E-state index is 11.7. The molecule has 0 aromatic rings. The molecule has 0 spiro atoms. The standard InChI is InChI=1S/C11H19NO2/c1-2-10(6-13)12-11(14)9-4-7-3-8(7)5-9/h7-10,13H,2-6H2,1H3,(H,12,14). The van der Waals surface area contributed by atoms with Crippen molar-refractivity contribution in [1.29, 1.82) is 0 Å². The van der Waals surface area contributed by atoms with Crippen LogP contribution in [-0.2, 0) is 4.79 Å². The van der Waals surface area contributed by atoms with Gasteiger partial charge in [-0.3, -0.25) is 4.79 Å². The third-order valence-corrected chi connectivity index (χ3v) is 3.67. The van der Waals surface area contributed by atoms with Crippen LogP contribution >= 0.6 is 0 Å². The molecule has 3 heteroatoms. The van der Waals surface area contributed by atoms with Crippen LogP contribution in [0.4, 0.5) is 0 Å². The number of carbonyl (C=O) groups excluding carboxylic acids is 1. The van der Waals surface area contributed by atoms with Crippen molar-refractivity contribution in [3.8, 4) is 0 Å². The van der Waals surface area contributed by atoms with Crippen LogP contribution in [0.5, 0.6) is 0 Å². The first-order chi connectivity index (χ1) is 6.74. The summed E-state index contributed by atoms with van der Waals surface area (Å²) in [4.78, 5) is 11.7. The highest BCUT2D eigenvalue weighted by Crippen LogP contribution is 2.54. The first-order valence-electron chi connectivity index (χ1n) is 5.65. The van der Waals surface area contributed by atoms with E-state index in [0.717, 1.165) is 31.1 Å². The van der Waals surface area contributed by atoms with Crippen molar-refractivity contribution in [3.63, 3.8) is 0 Å². The van der Waals surface area contributed by atoms with Gasteiger partial charge in [0.1, 0.15) is 0 Å². The highest BCUT2D eigenvalue weighted by Gasteiger charge is 2.48. The fourth-order valence-electron chi connectivity index (χ4n) is 2.52. The molecule has 2 fully saturated rings. The Kier molecular flexibility index (Phi) is 2.77. The monoisotopic (exact) mass is 197 g/mol. The van der Waals surface area contributed by atoms with Crippen molar-refractivity contribution in [1.82, 2.24) is 5.32 Å². The summed E-state index contributed by atoms with van der Waals surface area (Å²) in [7, 11) is 0. The summed E-state index contributed by atoms with van der Waals surface area (Å²) in [5.41, 5.74) is 0. The largest absolute Gasteiger partial charge is 0.394 e. The van der Waals surface area contributed by atoms with Crippen LogP contribution in [0.25, 0.3) is 0 Å². The van der Waals surface area contributed by atoms with Gasteiger partial charge in [-0.25, -0.2) is 0 Å². The second-order valence-electron chi connectivity index (χ2n) is 4.72. The van der Waals surface area contributed by atoms with E-state index in [9.17, 15) is 4.79 Å². The number of fused-ring (bicyclic) bond motifs is 1. The number of nitrogens with one attached hydrogen (secondary N) is 1. The Morgan fingerprint density at radius 1 is 1.43 bits per heavy atom. The van der Waals surface area contributed by atoms with Crippen molar-refractivity contribution in [2.45, 2.75) is 38.6 Å². The van der Waals surface area contributed by atoms with E-state index in [4.69, 9.17) is 5.11 Å². The lowest BCUT2D eigenvalue weighted by Gasteiger charge is -2.18. The van der Waals surface area contributed by atoms with Crippen molar-refractivity contribution in [2.75, 3.05) is 6.61 Å². The Balaban J connectivity index is 1.77. The Bertz CT molecular complexity index is 215. The number of hydrogen-bond donors (Lipinski definition) is 2. The van der Waals surface area contributed by atoms with Crippen molar-refractivity contribution in [2.24, 2.45) is 17.8 Å². The summed E-state index contributed by atoms with van der Waals surface area (Å²) >= 11 is 0. The molecule has 0 radical (unpaired) electrons. The topological polar surface area (TPSA) is 49.3 Å². The van der Waals surface area contributed by atoms with Gasteiger partial charge in [0, 0.05) is 5.92 Å². The highest BCUT2D eigenvalue weighted by atomic mass is 16.3. The summed E-state index contributed by atoms with van der Waals surface area (Å²) in [5, 5.41) is 11.9. The minimum absolute atomic E-state index is 0.0422. The van der Waals surface area contributed by atoms with Crippen LogP contribution in [-0.4, -0.2) is 23.7 Å². The third-order valence-electron chi connectivity index (χ3n) is 3.67. The molecule has 0 aliphatic heterocycles. The number of rotatable bonds is 4. The number of hydrogen-bond acceptors (Lipinski definition) is 2. The number of aliphatic hydroxyl groups is 1. The summed E-state index contributed by atoms with van der Waals surface area (Å²) in [5.74, 6) is 2.09. The predicted octanol–water partition coefficient (Wildman–Crippen LogP) is 0.920. The average Bonchev–Trinajstić information content (AvgIpc) is 2.82. The molecule has 14 heavy (non-hydrogen) atoms. The molecule has 2 rings (SSSR count). The van der Waals surface area contributed by atoms with Crippen LogP contribution in [0.1, 0.15) is 32.6 Å². The molecule has 2 saturated carbocycles. The first-order valence-corrected chi connectivity index (χ1v) is 5.65. The van der Waals surface area contributed by atoms with Gasteiger partial charge < -0.3 is 10.4 Å². The zero-order valence-electron chi connectivity index (χ0n) is 8.70. The van der Waals surface area contributed by atoms with Gasteiger partial charge in [-0.1, -0.05) is 6.92 Å². The molecular formula is C11H19NO2. The molecule has 2 aliphatic carbocycles. The molecule has 0 saturated heterocycles. The highest BCUT2D eigenvalue weighted by molar-refractivity contribution is 5.79. The molecule has 0 aromatic carbocycles. The summed E-state index contributed by atoms with van der Waals surface area (Å²) < 4.78 is 0. The lowest BCUT2D eigenvalue weighted by Crippen LogP contribution is -2.40. The number of carbonyl (C=O) groups is 1. The van der Waals surface area contributed by atoms with Gasteiger partial charge in [-0.05, 0) is 37.5 Å². The second kappa shape index (κ2) is 3.89. The van der Waals surface area contributed by atoms with Gasteiger partial charge in [0.2, 0.25) is 5.91 Å². The quantitative estimate of drug-likeness (QED) is 0.704. The average molecular weight is 197 g/mol. The molecule has 0 bridgehead atoms. The molecule has 2 N–H and O–H groups in total.